The van der Waals surface area contributed by atoms with Crippen molar-refractivity contribution in [2.45, 2.75) is 33.0 Å². The van der Waals surface area contributed by atoms with E-state index in [9.17, 15) is 0 Å². The summed E-state index contributed by atoms with van der Waals surface area (Å²) in [6.07, 6.45) is 2.84. The van der Waals surface area contributed by atoms with E-state index in [1.54, 1.807) is 4.68 Å². The van der Waals surface area contributed by atoms with Crippen LogP contribution < -0.4 is 5.73 Å². The van der Waals surface area contributed by atoms with Crippen LogP contribution in [0.2, 0.25) is 0 Å². The number of aromatic nitrogens is 3. The third-order valence-corrected chi connectivity index (χ3v) is 1.95. The van der Waals surface area contributed by atoms with Crippen molar-refractivity contribution in [3.05, 3.63) is 11.9 Å². The second kappa shape index (κ2) is 7.32. The van der Waals surface area contributed by atoms with Gasteiger partial charge in [0.15, 0.2) is 0 Å². The molecule has 1 rings (SSSR count). The monoisotopic (exact) mass is 228 g/mol. The van der Waals surface area contributed by atoms with Gasteiger partial charge in [-0.05, 0) is 13.8 Å². The standard InChI is InChI=1S/C10H20N4O2/c1-9(2)16-6-5-15-4-3-10-7-14(8-11)13-12-10/h7,9H,3-6,8,11H2,1-2H3. The van der Waals surface area contributed by atoms with Crippen molar-refractivity contribution < 1.29 is 9.47 Å². The van der Waals surface area contributed by atoms with Crippen molar-refractivity contribution in [3.63, 3.8) is 0 Å². The second-order valence-electron chi connectivity index (χ2n) is 3.71. The zero-order chi connectivity index (χ0) is 11.8. The first-order valence-electron chi connectivity index (χ1n) is 5.50. The normalized spacial score (nSPS) is 11.2. The Labute approximate surface area is 95.7 Å². The van der Waals surface area contributed by atoms with Gasteiger partial charge in [-0.15, -0.1) is 5.10 Å². The molecule has 0 atom stereocenters. The fourth-order valence-corrected chi connectivity index (χ4v) is 1.16. The Morgan fingerprint density at radius 3 is 2.81 bits per heavy atom. The summed E-state index contributed by atoms with van der Waals surface area (Å²) in [4.78, 5) is 0. The Morgan fingerprint density at radius 1 is 1.38 bits per heavy atom. The van der Waals surface area contributed by atoms with Gasteiger partial charge in [0, 0.05) is 6.42 Å². The van der Waals surface area contributed by atoms with Gasteiger partial charge in [0.25, 0.3) is 0 Å². The summed E-state index contributed by atoms with van der Waals surface area (Å²) in [5.74, 6) is 0. The molecule has 0 saturated heterocycles. The van der Waals surface area contributed by atoms with E-state index in [1.807, 2.05) is 20.0 Å². The van der Waals surface area contributed by atoms with Gasteiger partial charge in [-0.3, -0.25) is 0 Å². The third kappa shape index (κ3) is 5.20. The van der Waals surface area contributed by atoms with Crippen LogP contribution in [0.3, 0.4) is 0 Å². The van der Waals surface area contributed by atoms with Crippen LogP contribution in [0.25, 0.3) is 0 Å². The van der Waals surface area contributed by atoms with Gasteiger partial charge in [0.2, 0.25) is 0 Å². The van der Waals surface area contributed by atoms with E-state index in [2.05, 4.69) is 10.3 Å². The van der Waals surface area contributed by atoms with E-state index in [0.29, 0.717) is 26.5 Å². The Kier molecular flexibility index (Phi) is 5.99. The summed E-state index contributed by atoms with van der Waals surface area (Å²) in [6, 6.07) is 0. The highest BCUT2D eigenvalue weighted by atomic mass is 16.5. The molecule has 6 heteroatoms. The molecule has 0 radical (unpaired) electrons. The molecule has 92 valence electrons. The highest BCUT2D eigenvalue weighted by Crippen LogP contribution is 1.94. The molecule has 0 bridgehead atoms. The van der Waals surface area contributed by atoms with Gasteiger partial charge in [-0.2, -0.15) is 0 Å². The molecule has 0 spiro atoms. The SMILES string of the molecule is CC(C)OCCOCCc1cn(CN)nn1. The maximum atomic E-state index is 5.40. The van der Waals surface area contributed by atoms with Crippen LogP contribution in [-0.2, 0) is 22.6 Å². The Hall–Kier alpha value is -0.980. The van der Waals surface area contributed by atoms with E-state index < -0.39 is 0 Å². The van der Waals surface area contributed by atoms with E-state index in [1.165, 1.54) is 0 Å². The first-order chi connectivity index (χ1) is 7.72. The molecule has 0 aromatic carbocycles. The molecule has 0 saturated carbocycles. The van der Waals surface area contributed by atoms with Crippen molar-refractivity contribution in [2.24, 2.45) is 5.73 Å². The van der Waals surface area contributed by atoms with Crippen LogP contribution in [0.4, 0.5) is 0 Å². The van der Waals surface area contributed by atoms with Crippen molar-refractivity contribution in [1.82, 2.24) is 15.0 Å². The van der Waals surface area contributed by atoms with Crippen LogP contribution in [0.15, 0.2) is 6.20 Å². The molecule has 0 unspecified atom stereocenters. The molecule has 16 heavy (non-hydrogen) atoms. The molecule has 0 aliphatic heterocycles. The highest BCUT2D eigenvalue weighted by molar-refractivity contribution is 4.91. The number of hydrogen-bond acceptors (Lipinski definition) is 5. The number of nitrogens with zero attached hydrogens (tertiary/aromatic N) is 3. The maximum absolute atomic E-state index is 5.40. The van der Waals surface area contributed by atoms with E-state index in [0.717, 1.165) is 12.1 Å². The third-order valence-electron chi connectivity index (χ3n) is 1.95. The molecule has 1 aromatic rings. The molecule has 0 aliphatic rings. The Morgan fingerprint density at radius 2 is 2.19 bits per heavy atom. The minimum Gasteiger partial charge on any atom is -0.379 e. The van der Waals surface area contributed by atoms with Gasteiger partial charge < -0.3 is 15.2 Å². The first-order valence-corrected chi connectivity index (χ1v) is 5.50. The summed E-state index contributed by atoms with van der Waals surface area (Å²) in [5.41, 5.74) is 6.30. The summed E-state index contributed by atoms with van der Waals surface area (Å²) in [6.45, 7) is 6.24. The minimum absolute atomic E-state index is 0.257. The summed E-state index contributed by atoms with van der Waals surface area (Å²) < 4.78 is 12.3. The lowest BCUT2D eigenvalue weighted by Gasteiger charge is -2.07. The highest BCUT2D eigenvalue weighted by Gasteiger charge is 1.99. The molecule has 1 heterocycles. The lowest BCUT2D eigenvalue weighted by atomic mass is 10.3. The Balaban J connectivity index is 2.02. The molecule has 0 aliphatic carbocycles. The minimum atomic E-state index is 0.257. The first kappa shape index (κ1) is 13.1. The van der Waals surface area contributed by atoms with Crippen LogP contribution >= 0.6 is 0 Å². The van der Waals surface area contributed by atoms with Gasteiger partial charge in [0.1, 0.15) is 0 Å². The quantitative estimate of drug-likeness (QED) is 0.642. The molecule has 0 fully saturated rings. The largest absolute Gasteiger partial charge is 0.379 e. The molecule has 0 amide bonds. The summed E-state index contributed by atoms with van der Waals surface area (Å²) >= 11 is 0. The van der Waals surface area contributed by atoms with Gasteiger partial charge in [0.05, 0.1) is 44.5 Å². The number of ether oxygens (including phenoxy) is 2. The van der Waals surface area contributed by atoms with Crippen molar-refractivity contribution in [1.29, 1.82) is 0 Å². The summed E-state index contributed by atoms with van der Waals surface area (Å²) in [7, 11) is 0. The topological polar surface area (TPSA) is 75.2 Å². The predicted octanol–water partition coefficient (Wildman–Crippen LogP) is 0.178. The van der Waals surface area contributed by atoms with Crippen molar-refractivity contribution >= 4 is 0 Å². The fourth-order valence-electron chi connectivity index (χ4n) is 1.16. The average Bonchev–Trinajstić information content (AvgIpc) is 2.70. The fraction of sp³-hybridized carbons (Fsp3) is 0.800. The van der Waals surface area contributed by atoms with Crippen LogP contribution in [0, 0.1) is 0 Å². The molecular weight excluding hydrogens is 208 g/mol. The lowest BCUT2D eigenvalue weighted by molar-refractivity contribution is 0.0202. The van der Waals surface area contributed by atoms with E-state index in [-0.39, 0.29) is 6.10 Å². The molecular formula is C10H20N4O2. The van der Waals surface area contributed by atoms with Crippen LogP contribution in [-0.4, -0.2) is 40.9 Å². The molecule has 6 nitrogen and oxygen atoms in total. The zero-order valence-corrected chi connectivity index (χ0v) is 9.93. The molecule has 2 N–H and O–H groups in total. The Bertz CT molecular complexity index is 288. The van der Waals surface area contributed by atoms with Gasteiger partial charge >= 0.3 is 0 Å². The maximum Gasteiger partial charge on any atom is 0.0896 e. The van der Waals surface area contributed by atoms with Crippen LogP contribution in [0.5, 0.6) is 0 Å². The zero-order valence-electron chi connectivity index (χ0n) is 9.93. The van der Waals surface area contributed by atoms with E-state index >= 15 is 0 Å². The lowest BCUT2D eigenvalue weighted by Crippen LogP contribution is -2.10. The predicted molar refractivity (Wildman–Crippen MR) is 59.8 cm³/mol. The van der Waals surface area contributed by atoms with Crippen molar-refractivity contribution in [3.8, 4) is 0 Å². The average molecular weight is 228 g/mol. The molecule has 1 aromatic heterocycles. The second-order valence-corrected chi connectivity index (χ2v) is 3.71. The van der Waals surface area contributed by atoms with Crippen LogP contribution in [0.1, 0.15) is 19.5 Å². The van der Waals surface area contributed by atoms with Crippen molar-refractivity contribution in [2.75, 3.05) is 19.8 Å². The van der Waals surface area contributed by atoms with E-state index in [4.69, 9.17) is 15.2 Å². The number of rotatable bonds is 8. The van der Waals surface area contributed by atoms with Gasteiger partial charge in [-0.25, -0.2) is 4.68 Å². The number of nitrogens with two attached hydrogens (primary N) is 1. The summed E-state index contributed by atoms with van der Waals surface area (Å²) in [5, 5.41) is 7.79. The number of hydrogen-bond donors (Lipinski definition) is 1. The van der Waals surface area contributed by atoms with Gasteiger partial charge in [-0.1, -0.05) is 5.21 Å². The smallest absolute Gasteiger partial charge is 0.0896 e.